The van der Waals surface area contributed by atoms with Crippen LogP contribution >= 0.6 is 0 Å². The first-order valence-corrected chi connectivity index (χ1v) is 7.58. The molecule has 23 heavy (non-hydrogen) atoms. The van der Waals surface area contributed by atoms with Crippen molar-refractivity contribution in [3.8, 4) is 0 Å². The van der Waals surface area contributed by atoms with E-state index in [0.717, 1.165) is 11.1 Å². The van der Waals surface area contributed by atoms with E-state index in [-0.39, 0.29) is 11.8 Å². The molecule has 1 aliphatic rings. The number of anilines is 1. The van der Waals surface area contributed by atoms with Gasteiger partial charge in [0.05, 0.1) is 0 Å². The Bertz CT molecular complexity index is 747. The molecule has 0 unspecified atom stereocenters. The Morgan fingerprint density at radius 3 is 2.61 bits per heavy atom. The zero-order valence-corrected chi connectivity index (χ0v) is 13.2. The number of amides is 2. The standard InChI is InChI=1S/C17H19N3O3/c1-11-4-3-5-13(8-11)10-18-15(21)17(6-7-17)16(22)19-14-9-12(2)23-20-14/h3-5,8-9H,6-7,10H2,1-2H3,(H,18,21)(H,19,20,22). The summed E-state index contributed by atoms with van der Waals surface area (Å²) in [5.41, 5.74) is 1.18. The van der Waals surface area contributed by atoms with Gasteiger partial charge in [-0.25, -0.2) is 0 Å². The highest BCUT2D eigenvalue weighted by molar-refractivity contribution is 6.12. The van der Waals surface area contributed by atoms with Gasteiger partial charge in [-0.1, -0.05) is 35.0 Å². The Hall–Kier alpha value is -2.63. The van der Waals surface area contributed by atoms with Gasteiger partial charge in [-0.2, -0.15) is 0 Å². The third-order valence-electron chi connectivity index (χ3n) is 4.02. The lowest BCUT2D eigenvalue weighted by Crippen LogP contribution is -2.39. The molecule has 120 valence electrons. The van der Waals surface area contributed by atoms with Crippen LogP contribution in [0, 0.1) is 19.3 Å². The summed E-state index contributed by atoms with van der Waals surface area (Å²) < 4.78 is 4.91. The minimum Gasteiger partial charge on any atom is -0.360 e. The van der Waals surface area contributed by atoms with Crippen LogP contribution in [0.1, 0.15) is 29.7 Å². The van der Waals surface area contributed by atoms with Gasteiger partial charge < -0.3 is 15.2 Å². The summed E-state index contributed by atoms with van der Waals surface area (Å²) in [4.78, 5) is 24.8. The topological polar surface area (TPSA) is 84.2 Å². The lowest BCUT2D eigenvalue weighted by Gasteiger charge is -2.14. The zero-order chi connectivity index (χ0) is 16.4. The summed E-state index contributed by atoms with van der Waals surface area (Å²) in [6, 6.07) is 9.53. The molecule has 0 spiro atoms. The van der Waals surface area contributed by atoms with Crippen molar-refractivity contribution in [1.82, 2.24) is 10.5 Å². The quantitative estimate of drug-likeness (QED) is 0.830. The normalized spacial score (nSPS) is 15.0. The largest absolute Gasteiger partial charge is 0.360 e. The number of hydrogen-bond acceptors (Lipinski definition) is 4. The molecule has 2 aromatic rings. The Kier molecular flexibility index (Phi) is 3.90. The van der Waals surface area contributed by atoms with Gasteiger partial charge >= 0.3 is 0 Å². The van der Waals surface area contributed by atoms with E-state index in [0.29, 0.717) is 31.0 Å². The van der Waals surface area contributed by atoms with Crippen LogP contribution in [0.15, 0.2) is 34.9 Å². The second-order valence-electron chi connectivity index (χ2n) is 6.03. The highest BCUT2D eigenvalue weighted by Crippen LogP contribution is 2.46. The number of aromatic nitrogens is 1. The molecule has 3 rings (SSSR count). The Morgan fingerprint density at radius 2 is 2.00 bits per heavy atom. The maximum atomic E-state index is 12.4. The van der Waals surface area contributed by atoms with Crippen LogP contribution in [0.3, 0.4) is 0 Å². The van der Waals surface area contributed by atoms with E-state index in [1.807, 2.05) is 31.2 Å². The smallest absolute Gasteiger partial charge is 0.241 e. The third-order valence-corrected chi connectivity index (χ3v) is 4.02. The predicted molar refractivity (Wildman–Crippen MR) is 84.6 cm³/mol. The van der Waals surface area contributed by atoms with Crippen LogP contribution in [0.2, 0.25) is 0 Å². The van der Waals surface area contributed by atoms with Gasteiger partial charge in [0.25, 0.3) is 0 Å². The summed E-state index contributed by atoms with van der Waals surface area (Å²) >= 11 is 0. The molecule has 1 aliphatic carbocycles. The van der Waals surface area contributed by atoms with Crippen molar-refractivity contribution in [2.75, 3.05) is 5.32 Å². The van der Waals surface area contributed by atoms with E-state index in [4.69, 9.17) is 4.52 Å². The number of benzene rings is 1. The fourth-order valence-corrected chi connectivity index (χ4v) is 2.52. The Balaban J connectivity index is 1.60. The number of carbonyl (C=O) groups excluding carboxylic acids is 2. The molecule has 0 saturated heterocycles. The maximum absolute atomic E-state index is 12.4. The summed E-state index contributed by atoms with van der Waals surface area (Å²) in [6.07, 6.45) is 1.10. The fraction of sp³-hybridized carbons (Fsp3) is 0.353. The second kappa shape index (κ2) is 5.87. The molecule has 0 bridgehead atoms. The van der Waals surface area contributed by atoms with Crippen molar-refractivity contribution in [3.05, 3.63) is 47.2 Å². The third kappa shape index (κ3) is 3.26. The highest BCUT2D eigenvalue weighted by Gasteiger charge is 2.56. The second-order valence-corrected chi connectivity index (χ2v) is 6.03. The summed E-state index contributed by atoms with van der Waals surface area (Å²) in [5, 5.41) is 9.23. The average Bonchev–Trinajstić information content (AvgIpc) is 3.24. The number of nitrogens with zero attached hydrogens (tertiary/aromatic N) is 1. The molecule has 2 amide bonds. The van der Waals surface area contributed by atoms with Gasteiger partial charge in [-0.3, -0.25) is 9.59 Å². The Morgan fingerprint density at radius 1 is 1.22 bits per heavy atom. The summed E-state index contributed by atoms with van der Waals surface area (Å²) in [7, 11) is 0. The van der Waals surface area contributed by atoms with Crippen molar-refractivity contribution in [2.45, 2.75) is 33.2 Å². The predicted octanol–water partition coefficient (Wildman–Crippen LogP) is 2.33. The molecule has 2 N–H and O–H groups in total. The highest BCUT2D eigenvalue weighted by atomic mass is 16.5. The van der Waals surface area contributed by atoms with Crippen molar-refractivity contribution in [2.24, 2.45) is 5.41 Å². The molecule has 1 heterocycles. The van der Waals surface area contributed by atoms with Crippen LogP contribution in [0.4, 0.5) is 5.82 Å². The van der Waals surface area contributed by atoms with E-state index in [1.165, 1.54) is 0 Å². The van der Waals surface area contributed by atoms with E-state index >= 15 is 0 Å². The molecule has 1 aromatic heterocycles. The monoisotopic (exact) mass is 313 g/mol. The molecule has 1 fully saturated rings. The maximum Gasteiger partial charge on any atom is 0.241 e. The molecular formula is C17H19N3O3. The van der Waals surface area contributed by atoms with Crippen molar-refractivity contribution >= 4 is 17.6 Å². The molecule has 6 heteroatoms. The first-order valence-electron chi connectivity index (χ1n) is 7.58. The minimum absolute atomic E-state index is 0.239. The van der Waals surface area contributed by atoms with Gasteiger partial charge in [-0.15, -0.1) is 0 Å². The van der Waals surface area contributed by atoms with E-state index in [1.54, 1.807) is 13.0 Å². The van der Waals surface area contributed by atoms with E-state index < -0.39 is 5.41 Å². The first kappa shape index (κ1) is 15.3. The lowest BCUT2D eigenvalue weighted by atomic mass is 10.0. The van der Waals surface area contributed by atoms with Gasteiger partial charge in [0.15, 0.2) is 5.82 Å². The summed E-state index contributed by atoms with van der Waals surface area (Å²) in [6.45, 7) is 4.16. The molecule has 1 saturated carbocycles. The van der Waals surface area contributed by atoms with Crippen LogP contribution in [-0.4, -0.2) is 17.0 Å². The molecule has 0 atom stereocenters. The molecule has 6 nitrogen and oxygen atoms in total. The van der Waals surface area contributed by atoms with Gasteiger partial charge in [0, 0.05) is 12.6 Å². The number of aryl methyl sites for hydroxylation is 2. The Labute approximate surface area is 134 Å². The number of hydrogen-bond donors (Lipinski definition) is 2. The van der Waals surface area contributed by atoms with Crippen LogP contribution in [-0.2, 0) is 16.1 Å². The fourth-order valence-electron chi connectivity index (χ4n) is 2.52. The van der Waals surface area contributed by atoms with Crippen molar-refractivity contribution in [1.29, 1.82) is 0 Å². The minimum atomic E-state index is -0.976. The lowest BCUT2D eigenvalue weighted by molar-refractivity contribution is -0.134. The van der Waals surface area contributed by atoms with Crippen LogP contribution in [0.25, 0.3) is 0 Å². The van der Waals surface area contributed by atoms with Gasteiger partial charge in [-0.05, 0) is 32.3 Å². The summed E-state index contributed by atoms with van der Waals surface area (Å²) in [5.74, 6) is 0.378. The molecule has 0 aliphatic heterocycles. The zero-order valence-electron chi connectivity index (χ0n) is 13.2. The number of rotatable bonds is 5. The first-order chi connectivity index (χ1) is 11.0. The number of nitrogens with one attached hydrogen (secondary N) is 2. The molecule has 1 aromatic carbocycles. The molecular weight excluding hydrogens is 294 g/mol. The van der Waals surface area contributed by atoms with Crippen LogP contribution < -0.4 is 10.6 Å². The van der Waals surface area contributed by atoms with Gasteiger partial charge in [0.2, 0.25) is 11.8 Å². The van der Waals surface area contributed by atoms with Crippen LogP contribution in [0.5, 0.6) is 0 Å². The average molecular weight is 313 g/mol. The van der Waals surface area contributed by atoms with E-state index in [2.05, 4.69) is 15.8 Å². The van der Waals surface area contributed by atoms with Crippen molar-refractivity contribution in [3.63, 3.8) is 0 Å². The van der Waals surface area contributed by atoms with Gasteiger partial charge in [0.1, 0.15) is 11.2 Å². The SMILES string of the molecule is Cc1cccc(CNC(=O)C2(C(=O)Nc3cc(C)on3)CC2)c1. The molecule has 0 radical (unpaired) electrons. The van der Waals surface area contributed by atoms with Crippen molar-refractivity contribution < 1.29 is 14.1 Å². The number of carbonyl (C=O) groups is 2. The van der Waals surface area contributed by atoms with E-state index in [9.17, 15) is 9.59 Å².